The summed E-state index contributed by atoms with van der Waals surface area (Å²) in [5.74, 6) is -0.212. The highest BCUT2D eigenvalue weighted by atomic mass is 32.2. The number of carbonyl (C=O) groups is 1. The van der Waals surface area contributed by atoms with Crippen molar-refractivity contribution in [2.24, 2.45) is 0 Å². The molecular formula is C18H24N3O4S2+. The van der Waals surface area contributed by atoms with Crippen molar-refractivity contribution in [3.8, 4) is 0 Å². The molecule has 146 valence electrons. The predicted octanol–water partition coefficient (Wildman–Crippen LogP) is 0.584. The number of hydrogen-bond acceptors (Lipinski definition) is 5. The van der Waals surface area contributed by atoms with Crippen molar-refractivity contribution in [3.05, 3.63) is 46.7 Å². The molecule has 0 bridgehead atoms. The van der Waals surface area contributed by atoms with Gasteiger partial charge < -0.3 is 15.0 Å². The molecule has 1 saturated heterocycles. The van der Waals surface area contributed by atoms with Crippen molar-refractivity contribution >= 4 is 33.0 Å². The number of amides is 1. The Morgan fingerprint density at radius 1 is 1.15 bits per heavy atom. The van der Waals surface area contributed by atoms with Gasteiger partial charge in [0.2, 0.25) is 10.0 Å². The summed E-state index contributed by atoms with van der Waals surface area (Å²) in [6, 6.07) is 7.92. The summed E-state index contributed by atoms with van der Waals surface area (Å²) in [6.45, 7) is 4.84. The number of nitrogens with one attached hydrogen (secondary N) is 3. The lowest BCUT2D eigenvalue weighted by molar-refractivity contribution is -0.908. The Morgan fingerprint density at radius 3 is 2.56 bits per heavy atom. The van der Waals surface area contributed by atoms with Gasteiger partial charge in [0.15, 0.2) is 0 Å². The summed E-state index contributed by atoms with van der Waals surface area (Å²) in [4.78, 5) is 13.7. The van der Waals surface area contributed by atoms with E-state index in [1.807, 2.05) is 5.38 Å². The third-order valence-corrected chi connectivity index (χ3v) is 6.57. The maximum Gasteiger partial charge on any atom is 0.256 e. The fraction of sp³-hybridized carbons (Fsp3) is 0.389. The standard InChI is InChI=1S/C18H23N3O4S2/c22-18(15-6-13-26-14-15)20-16-2-4-17(5-3-16)27(23,24)19-7-1-8-21-9-11-25-12-10-21/h2-6,13-14,19H,1,7-12H2,(H,20,22)/p+1. The second kappa shape index (κ2) is 9.43. The number of morpholine rings is 1. The van der Waals surface area contributed by atoms with Gasteiger partial charge >= 0.3 is 0 Å². The zero-order chi connectivity index (χ0) is 19.1. The van der Waals surface area contributed by atoms with Gasteiger partial charge in [-0.2, -0.15) is 11.3 Å². The first-order valence-electron chi connectivity index (χ1n) is 8.89. The Balaban J connectivity index is 1.48. The molecule has 1 aliphatic heterocycles. The van der Waals surface area contributed by atoms with Gasteiger partial charge in [-0.15, -0.1) is 0 Å². The van der Waals surface area contributed by atoms with Crippen LogP contribution in [0.1, 0.15) is 16.8 Å². The van der Waals surface area contributed by atoms with Crippen LogP contribution in [0.2, 0.25) is 0 Å². The average Bonchev–Trinajstić information content (AvgIpc) is 3.22. The zero-order valence-electron chi connectivity index (χ0n) is 14.9. The van der Waals surface area contributed by atoms with Crippen LogP contribution in [0.15, 0.2) is 46.0 Å². The van der Waals surface area contributed by atoms with E-state index in [2.05, 4.69) is 10.0 Å². The van der Waals surface area contributed by atoms with Gasteiger partial charge in [0.25, 0.3) is 5.91 Å². The van der Waals surface area contributed by atoms with Crippen LogP contribution in [-0.2, 0) is 14.8 Å². The largest absolute Gasteiger partial charge is 0.370 e. The highest BCUT2D eigenvalue weighted by Gasteiger charge is 2.16. The number of anilines is 1. The highest BCUT2D eigenvalue weighted by Crippen LogP contribution is 2.15. The Labute approximate surface area is 163 Å². The van der Waals surface area contributed by atoms with Gasteiger partial charge in [-0.1, -0.05) is 0 Å². The van der Waals surface area contributed by atoms with E-state index in [1.54, 1.807) is 23.6 Å². The fourth-order valence-electron chi connectivity index (χ4n) is 2.85. The molecule has 1 amide bonds. The van der Waals surface area contributed by atoms with Crippen molar-refractivity contribution in [2.75, 3.05) is 44.7 Å². The molecule has 0 radical (unpaired) electrons. The number of ether oxygens (including phenoxy) is 1. The monoisotopic (exact) mass is 410 g/mol. The van der Waals surface area contributed by atoms with E-state index >= 15 is 0 Å². The van der Waals surface area contributed by atoms with Crippen LogP contribution in [0.5, 0.6) is 0 Å². The van der Waals surface area contributed by atoms with E-state index in [-0.39, 0.29) is 10.8 Å². The lowest BCUT2D eigenvalue weighted by Gasteiger charge is -2.23. The van der Waals surface area contributed by atoms with Gasteiger partial charge in [0.1, 0.15) is 13.1 Å². The van der Waals surface area contributed by atoms with Crippen LogP contribution in [0.25, 0.3) is 0 Å². The number of sulfonamides is 1. The third kappa shape index (κ3) is 5.85. The first-order chi connectivity index (χ1) is 13.0. The Kier molecular flexibility index (Phi) is 6.97. The summed E-state index contributed by atoms with van der Waals surface area (Å²) >= 11 is 1.45. The summed E-state index contributed by atoms with van der Waals surface area (Å²) in [7, 11) is -3.55. The molecule has 0 atom stereocenters. The first kappa shape index (κ1) is 20.0. The molecule has 0 saturated carbocycles. The van der Waals surface area contributed by atoms with Crippen LogP contribution in [0, 0.1) is 0 Å². The van der Waals surface area contributed by atoms with Crippen molar-refractivity contribution in [1.29, 1.82) is 0 Å². The van der Waals surface area contributed by atoms with Gasteiger partial charge in [-0.05, 0) is 35.7 Å². The Morgan fingerprint density at radius 2 is 1.89 bits per heavy atom. The van der Waals surface area contributed by atoms with Crippen molar-refractivity contribution < 1.29 is 22.8 Å². The molecule has 9 heteroatoms. The van der Waals surface area contributed by atoms with Gasteiger partial charge in [-0.3, -0.25) is 4.79 Å². The second-order valence-electron chi connectivity index (χ2n) is 6.35. The van der Waals surface area contributed by atoms with Crippen LogP contribution in [0.3, 0.4) is 0 Å². The van der Waals surface area contributed by atoms with Gasteiger partial charge in [-0.25, -0.2) is 13.1 Å². The van der Waals surface area contributed by atoms with Crippen molar-refractivity contribution in [2.45, 2.75) is 11.3 Å². The van der Waals surface area contributed by atoms with Crippen LogP contribution in [0.4, 0.5) is 5.69 Å². The molecule has 0 spiro atoms. The third-order valence-electron chi connectivity index (χ3n) is 4.40. The number of carbonyl (C=O) groups excluding carboxylic acids is 1. The van der Waals surface area contributed by atoms with E-state index < -0.39 is 10.0 Å². The van der Waals surface area contributed by atoms with Gasteiger partial charge in [0.05, 0.1) is 30.2 Å². The minimum atomic E-state index is -3.55. The molecule has 1 aromatic carbocycles. The van der Waals surface area contributed by atoms with Crippen molar-refractivity contribution in [1.82, 2.24) is 4.72 Å². The Hall–Kier alpha value is -1.78. The van der Waals surface area contributed by atoms with E-state index in [0.717, 1.165) is 39.3 Å². The molecule has 7 nitrogen and oxygen atoms in total. The maximum absolute atomic E-state index is 12.4. The summed E-state index contributed by atoms with van der Waals surface area (Å²) in [5.41, 5.74) is 1.14. The number of benzene rings is 1. The van der Waals surface area contributed by atoms with Gasteiger partial charge in [0, 0.05) is 24.0 Å². The SMILES string of the molecule is O=C(Nc1ccc(S(=O)(=O)NCCC[NH+]2CCOCC2)cc1)c1ccsc1. The number of thiophene rings is 1. The number of rotatable bonds is 8. The average molecular weight is 411 g/mol. The lowest BCUT2D eigenvalue weighted by atomic mass is 10.3. The van der Waals surface area contributed by atoms with Crippen LogP contribution < -0.4 is 14.9 Å². The molecule has 0 unspecified atom stereocenters. The van der Waals surface area contributed by atoms with Crippen molar-refractivity contribution in [3.63, 3.8) is 0 Å². The zero-order valence-corrected chi connectivity index (χ0v) is 16.6. The molecule has 1 fully saturated rings. The molecule has 1 aromatic heterocycles. The molecule has 1 aliphatic rings. The summed E-state index contributed by atoms with van der Waals surface area (Å²) < 4.78 is 32.7. The molecule has 2 heterocycles. The summed E-state index contributed by atoms with van der Waals surface area (Å²) in [6.07, 6.45) is 0.781. The quantitative estimate of drug-likeness (QED) is 0.556. The predicted molar refractivity (Wildman–Crippen MR) is 105 cm³/mol. The van der Waals surface area contributed by atoms with E-state index in [1.165, 1.54) is 28.4 Å². The van der Waals surface area contributed by atoms with E-state index in [0.29, 0.717) is 17.8 Å². The normalized spacial score (nSPS) is 15.6. The molecule has 3 rings (SSSR count). The lowest BCUT2D eigenvalue weighted by Crippen LogP contribution is -3.14. The smallest absolute Gasteiger partial charge is 0.256 e. The van der Waals surface area contributed by atoms with E-state index in [4.69, 9.17) is 4.74 Å². The fourth-order valence-corrected chi connectivity index (χ4v) is 4.56. The first-order valence-corrected chi connectivity index (χ1v) is 11.3. The molecule has 27 heavy (non-hydrogen) atoms. The molecule has 3 N–H and O–H groups in total. The van der Waals surface area contributed by atoms with Crippen LogP contribution in [-0.4, -0.2) is 53.7 Å². The Bertz CT molecular complexity index is 830. The topological polar surface area (TPSA) is 88.9 Å². The number of hydrogen-bond donors (Lipinski definition) is 3. The number of quaternary nitrogens is 1. The van der Waals surface area contributed by atoms with E-state index in [9.17, 15) is 13.2 Å². The highest BCUT2D eigenvalue weighted by molar-refractivity contribution is 7.89. The second-order valence-corrected chi connectivity index (χ2v) is 8.90. The maximum atomic E-state index is 12.4. The molecule has 0 aliphatic carbocycles. The minimum Gasteiger partial charge on any atom is -0.370 e. The van der Waals surface area contributed by atoms with Crippen LogP contribution >= 0.6 is 11.3 Å². The molecular weight excluding hydrogens is 386 g/mol. The molecule has 2 aromatic rings. The minimum absolute atomic E-state index is 0.190. The summed E-state index contributed by atoms with van der Waals surface area (Å²) in [5, 5.41) is 6.34.